The Labute approximate surface area is 145 Å². The fraction of sp³-hybridized carbons (Fsp3) is 0.222. The van der Waals surface area contributed by atoms with E-state index in [2.05, 4.69) is 10.5 Å². The number of carbonyl (C=O) groups is 1. The Morgan fingerprint density at radius 3 is 2.16 bits per heavy atom. The van der Waals surface area contributed by atoms with Crippen LogP contribution in [-0.4, -0.2) is 32.9 Å². The number of benzene rings is 2. The lowest BCUT2D eigenvalue weighted by molar-refractivity contribution is 0.0954. The normalized spacial score (nSPS) is 11.0. The van der Waals surface area contributed by atoms with Gasteiger partial charge >= 0.3 is 0 Å². The summed E-state index contributed by atoms with van der Waals surface area (Å²) in [4.78, 5) is 12.3. The van der Waals surface area contributed by atoms with Gasteiger partial charge < -0.3 is 14.2 Å². The summed E-state index contributed by atoms with van der Waals surface area (Å²) in [6.07, 6.45) is 0. The van der Waals surface area contributed by atoms with Crippen LogP contribution in [0.3, 0.4) is 0 Å². The van der Waals surface area contributed by atoms with Crippen molar-refractivity contribution in [1.82, 2.24) is 5.43 Å². The van der Waals surface area contributed by atoms with Crippen molar-refractivity contribution in [2.24, 2.45) is 5.10 Å². The van der Waals surface area contributed by atoms with Gasteiger partial charge in [0.25, 0.3) is 5.91 Å². The molecule has 2 rings (SSSR count). The van der Waals surface area contributed by atoms with Gasteiger partial charge in [0.2, 0.25) is 5.75 Å². The molecule has 2 aromatic rings. The van der Waals surface area contributed by atoms with Crippen LogP contribution in [0.25, 0.3) is 0 Å². The molecule has 0 saturated heterocycles. The highest BCUT2D eigenvalue weighted by Gasteiger charge is 2.17. The summed E-state index contributed by atoms with van der Waals surface area (Å²) >= 11 is 0. The molecule has 0 spiro atoms. The van der Waals surface area contributed by atoms with Gasteiger partial charge in [0, 0.05) is 11.1 Å². The zero-order valence-electron chi connectivity index (χ0n) is 14.4. The van der Waals surface area contributed by atoms with Crippen LogP contribution in [0.1, 0.15) is 22.8 Å². The Morgan fingerprint density at radius 2 is 1.64 bits per heavy atom. The van der Waals surface area contributed by atoms with E-state index in [0.29, 0.717) is 28.5 Å². The third-order valence-electron chi connectivity index (χ3n) is 3.52. The lowest BCUT2D eigenvalue weighted by Gasteiger charge is -2.13. The third kappa shape index (κ3) is 4.06. The van der Waals surface area contributed by atoms with E-state index >= 15 is 0 Å². The van der Waals surface area contributed by atoms with E-state index in [0.717, 1.165) is 0 Å². The smallest absolute Gasteiger partial charge is 0.271 e. The van der Waals surface area contributed by atoms with Crippen molar-refractivity contribution >= 4 is 11.6 Å². The molecule has 0 aliphatic carbocycles. The van der Waals surface area contributed by atoms with Crippen LogP contribution in [0.5, 0.6) is 17.2 Å². The number of methoxy groups -OCH3 is 3. The van der Waals surface area contributed by atoms with Crippen molar-refractivity contribution in [3.8, 4) is 17.2 Å². The van der Waals surface area contributed by atoms with Crippen molar-refractivity contribution in [3.63, 3.8) is 0 Å². The molecule has 0 heterocycles. The Morgan fingerprint density at radius 1 is 1.04 bits per heavy atom. The zero-order valence-corrected chi connectivity index (χ0v) is 14.4. The minimum Gasteiger partial charge on any atom is -0.493 e. The number of hydrazone groups is 1. The molecule has 0 unspecified atom stereocenters. The first kappa shape index (κ1) is 18.3. The van der Waals surface area contributed by atoms with Gasteiger partial charge in [-0.05, 0) is 25.1 Å². The van der Waals surface area contributed by atoms with Gasteiger partial charge in [-0.2, -0.15) is 5.10 Å². The van der Waals surface area contributed by atoms with Crippen molar-refractivity contribution in [1.29, 1.82) is 0 Å². The average Bonchev–Trinajstić information content (AvgIpc) is 2.64. The highest BCUT2D eigenvalue weighted by atomic mass is 19.1. The molecule has 0 radical (unpaired) electrons. The van der Waals surface area contributed by atoms with E-state index in [9.17, 15) is 9.18 Å². The number of nitrogens with one attached hydrogen (secondary N) is 1. The first-order valence-electron chi connectivity index (χ1n) is 7.41. The lowest BCUT2D eigenvalue weighted by atomic mass is 10.1. The fourth-order valence-corrected chi connectivity index (χ4v) is 2.23. The topological polar surface area (TPSA) is 69.2 Å². The first-order valence-corrected chi connectivity index (χ1v) is 7.41. The predicted molar refractivity (Wildman–Crippen MR) is 92.2 cm³/mol. The van der Waals surface area contributed by atoms with E-state index < -0.39 is 11.7 Å². The number of halogens is 1. The molecule has 0 fully saturated rings. The Kier molecular flexibility index (Phi) is 5.94. The Balaban J connectivity index is 2.26. The summed E-state index contributed by atoms with van der Waals surface area (Å²) in [5.41, 5.74) is 3.32. The van der Waals surface area contributed by atoms with Crippen molar-refractivity contribution in [2.45, 2.75) is 6.92 Å². The molecular weight excluding hydrogens is 327 g/mol. The second kappa shape index (κ2) is 8.14. The van der Waals surface area contributed by atoms with Crippen LogP contribution < -0.4 is 19.6 Å². The minimum atomic E-state index is -0.491. The van der Waals surface area contributed by atoms with E-state index in [4.69, 9.17) is 14.2 Å². The molecule has 2 aromatic carbocycles. The van der Waals surface area contributed by atoms with Gasteiger partial charge in [-0.15, -0.1) is 0 Å². The number of hydrogen-bond donors (Lipinski definition) is 1. The monoisotopic (exact) mass is 346 g/mol. The molecule has 0 bridgehead atoms. The van der Waals surface area contributed by atoms with Gasteiger partial charge in [-0.25, -0.2) is 9.82 Å². The second-order valence-electron chi connectivity index (χ2n) is 5.03. The van der Waals surface area contributed by atoms with Gasteiger partial charge in [-0.1, -0.05) is 18.2 Å². The summed E-state index contributed by atoms with van der Waals surface area (Å²) in [6.45, 7) is 1.61. The van der Waals surface area contributed by atoms with Crippen LogP contribution in [0, 0.1) is 5.82 Å². The average molecular weight is 346 g/mol. The molecule has 0 saturated carbocycles. The third-order valence-corrected chi connectivity index (χ3v) is 3.52. The van der Waals surface area contributed by atoms with Crippen LogP contribution >= 0.6 is 0 Å². The molecule has 6 nitrogen and oxygen atoms in total. The predicted octanol–water partition coefficient (Wildman–Crippen LogP) is 3.01. The second-order valence-corrected chi connectivity index (χ2v) is 5.03. The van der Waals surface area contributed by atoms with Crippen LogP contribution in [0.15, 0.2) is 41.5 Å². The van der Waals surface area contributed by atoms with E-state index in [1.807, 2.05) is 0 Å². The van der Waals surface area contributed by atoms with Gasteiger partial charge in [0.05, 0.1) is 27.0 Å². The molecule has 0 aromatic heterocycles. The number of hydrogen-bond acceptors (Lipinski definition) is 5. The molecule has 0 atom stereocenters. The van der Waals surface area contributed by atoms with Crippen LogP contribution in [-0.2, 0) is 0 Å². The quantitative estimate of drug-likeness (QED) is 0.645. The molecule has 1 N–H and O–H groups in total. The van der Waals surface area contributed by atoms with Gasteiger partial charge in [0.15, 0.2) is 11.5 Å². The van der Waals surface area contributed by atoms with Gasteiger partial charge in [-0.3, -0.25) is 4.79 Å². The molecule has 0 aliphatic heterocycles. The molecule has 1 amide bonds. The minimum absolute atomic E-state index is 0.264. The van der Waals surface area contributed by atoms with Crippen LogP contribution in [0.4, 0.5) is 4.39 Å². The highest BCUT2D eigenvalue weighted by molar-refractivity contribution is 6.01. The van der Waals surface area contributed by atoms with E-state index in [-0.39, 0.29) is 5.56 Å². The SMILES string of the molecule is COc1cc(C(=O)N/N=C(\C)c2ccccc2F)cc(OC)c1OC. The Hall–Kier alpha value is -3.09. The molecule has 25 heavy (non-hydrogen) atoms. The van der Waals surface area contributed by atoms with Crippen molar-refractivity contribution < 1.29 is 23.4 Å². The van der Waals surface area contributed by atoms with E-state index in [1.54, 1.807) is 25.1 Å². The van der Waals surface area contributed by atoms with E-state index in [1.165, 1.54) is 39.5 Å². The molecule has 7 heteroatoms. The first-order chi connectivity index (χ1) is 12.0. The lowest BCUT2D eigenvalue weighted by Crippen LogP contribution is -2.20. The van der Waals surface area contributed by atoms with Crippen molar-refractivity contribution in [2.75, 3.05) is 21.3 Å². The Bertz CT molecular complexity index is 780. The van der Waals surface area contributed by atoms with Gasteiger partial charge in [0.1, 0.15) is 5.82 Å². The van der Waals surface area contributed by atoms with Crippen LogP contribution in [0.2, 0.25) is 0 Å². The summed E-state index contributed by atoms with van der Waals surface area (Å²) in [5, 5.41) is 3.95. The fourth-order valence-electron chi connectivity index (χ4n) is 2.23. The number of nitrogens with zero attached hydrogens (tertiary/aromatic N) is 1. The summed E-state index contributed by atoms with van der Waals surface area (Å²) in [5.74, 6) is 0.178. The molecular formula is C18H19FN2O4. The number of ether oxygens (including phenoxy) is 3. The largest absolute Gasteiger partial charge is 0.493 e. The van der Waals surface area contributed by atoms with Crippen molar-refractivity contribution in [3.05, 3.63) is 53.3 Å². The summed E-state index contributed by atoms with van der Waals surface area (Å²) in [6, 6.07) is 9.20. The maximum atomic E-state index is 13.7. The zero-order chi connectivity index (χ0) is 18.4. The maximum Gasteiger partial charge on any atom is 0.271 e. The number of carbonyl (C=O) groups excluding carboxylic acids is 1. The number of rotatable bonds is 6. The number of amides is 1. The standard InChI is InChI=1S/C18H19FN2O4/c1-11(13-7-5-6-8-14(13)19)20-21-18(22)12-9-15(23-2)17(25-4)16(10-12)24-3/h5-10H,1-4H3,(H,21,22)/b20-11+. The molecule has 0 aliphatic rings. The maximum absolute atomic E-state index is 13.7. The summed E-state index contributed by atoms with van der Waals surface area (Å²) < 4.78 is 29.4. The summed E-state index contributed by atoms with van der Waals surface area (Å²) in [7, 11) is 4.39. The molecule has 132 valence electrons. The highest BCUT2D eigenvalue weighted by Crippen LogP contribution is 2.38.